The summed E-state index contributed by atoms with van der Waals surface area (Å²) in [5, 5.41) is 8.17. The lowest BCUT2D eigenvalue weighted by atomic mass is 9.84. The predicted octanol–water partition coefficient (Wildman–Crippen LogP) is 4.99. The van der Waals surface area contributed by atoms with E-state index in [-0.39, 0.29) is 28.7 Å². The van der Waals surface area contributed by atoms with E-state index in [9.17, 15) is 9.18 Å². The molecule has 1 aromatic heterocycles. The number of halogens is 2. The van der Waals surface area contributed by atoms with Crippen LogP contribution in [-0.4, -0.2) is 46.8 Å². The van der Waals surface area contributed by atoms with Crippen LogP contribution in [0.1, 0.15) is 47.2 Å². The molecule has 2 aliphatic heterocycles. The summed E-state index contributed by atoms with van der Waals surface area (Å²) in [5.41, 5.74) is 5.28. The fourth-order valence-corrected chi connectivity index (χ4v) is 5.71. The number of piperidine rings is 1. The molecule has 2 aromatic carbocycles. The van der Waals surface area contributed by atoms with Crippen LogP contribution in [0.25, 0.3) is 5.69 Å². The summed E-state index contributed by atoms with van der Waals surface area (Å²) in [6.07, 6.45) is 1.75. The lowest BCUT2D eigenvalue weighted by Gasteiger charge is -2.35. The Morgan fingerprint density at radius 3 is 2.59 bits per heavy atom. The fraction of sp³-hybridized carbons (Fsp3) is 0.407. The fourth-order valence-electron chi connectivity index (χ4n) is 5.53. The van der Waals surface area contributed by atoms with Gasteiger partial charge >= 0.3 is 0 Å². The van der Waals surface area contributed by atoms with Crippen LogP contribution in [0.2, 0.25) is 5.02 Å². The number of hydrogen-bond donors (Lipinski definition) is 1. The minimum atomic E-state index is -0.437. The number of benzene rings is 2. The Bertz CT molecular complexity index is 1200. The number of aryl methyl sites for hydroxylation is 2. The number of aromatic nitrogens is 2. The first-order chi connectivity index (χ1) is 16.4. The summed E-state index contributed by atoms with van der Waals surface area (Å²) in [4.78, 5) is 15.6. The molecule has 178 valence electrons. The van der Waals surface area contributed by atoms with Crippen molar-refractivity contribution in [3.63, 3.8) is 0 Å². The molecule has 1 N–H and O–H groups in total. The van der Waals surface area contributed by atoms with Crippen LogP contribution in [-0.2, 0) is 4.79 Å². The third-order valence-corrected chi connectivity index (χ3v) is 7.64. The first kappa shape index (κ1) is 23.1. The van der Waals surface area contributed by atoms with E-state index >= 15 is 0 Å². The van der Waals surface area contributed by atoms with Crippen molar-refractivity contribution in [3.05, 3.63) is 81.9 Å². The van der Waals surface area contributed by atoms with E-state index in [4.69, 9.17) is 11.6 Å². The quantitative estimate of drug-likeness (QED) is 0.572. The Morgan fingerprint density at radius 2 is 1.85 bits per heavy atom. The van der Waals surface area contributed by atoms with Gasteiger partial charge in [-0.2, -0.15) is 5.10 Å². The summed E-state index contributed by atoms with van der Waals surface area (Å²) in [6.45, 7) is 7.12. The number of nitrogens with one attached hydrogen (secondary N) is 1. The van der Waals surface area contributed by atoms with Crippen molar-refractivity contribution in [1.82, 2.24) is 20.0 Å². The third-order valence-electron chi connectivity index (χ3n) is 7.35. The molecule has 2 aliphatic rings. The number of likely N-dealkylation sites (tertiary alicyclic amines) is 1. The normalized spacial score (nSPS) is 21.2. The lowest BCUT2D eigenvalue weighted by molar-refractivity contribution is -0.136. The maximum Gasteiger partial charge on any atom is 0.227 e. The van der Waals surface area contributed by atoms with Gasteiger partial charge in [0.15, 0.2) is 0 Å². The average Bonchev–Trinajstić information content (AvgIpc) is 3.48. The molecule has 1 amide bonds. The van der Waals surface area contributed by atoms with Crippen LogP contribution in [0, 0.1) is 25.6 Å². The van der Waals surface area contributed by atoms with E-state index in [2.05, 4.69) is 47.7 Å². The summed E-state index contributed by atoms with van der Waals surface area (Å²) in [7, 11) is 0. The number of carbonyl (C=O) groups is 1. The van der Waals surface area contributed by atoms with Gasteiger partial charge in [0.1, 0.15) is 5.82 Å². The van der Waals surface area contributed by atoms with Crippen LogP contribution in [0.5, 0.6) is 0 Å². The first-order valence-electron chi connectivity index (χ1n) is 12.0. The molecular weight excluding hydrogens is 451 g/mol. The Kier molecular flexibility index (Phi) is 6.45. The van der Waals surface area contributed by atoms with Gasteiger partial charge in [0, 0.05) is 43.7 Å². The highest BCUT2D eigenvalue weighted by Gasteiger charge is 2.38. The second-order valence-electron chi connectivity index (χ2n) is 9.55. The van der Waals surface area contributed by atoms with Crippen molar-refractivity contribution < 1.29 is 9.18 Å². The zero-order chi connectivity index (χ0) is 23.8. The number of amides is 1. The van der Waals surface area contributed by atoms with Crippen LogP contribution >= 0.6 is 11.6 Å². The van der Waals surface area contributed by atoms with Crippen molar-refractivity contribution in [3.8, 4) is 5.69 Å². The van der Waals surface area contributed by atoms with E-state index in [1.54, 1.807) is 12.1 Å². The zero-order valence-corrected chi connectivity index (χ0v) is 20.4. The highest BCUT2D eigenvalue weighted by atomic mass is 35.5. The predicted molar refractivity (Wildman–Crippen MR) is 132 cm³/mol. The third kappa shape index (κ3) is 4.37. The van der Waals surface area contributed by atoms with Crippen LogP contribution in [0.15, 0.2) is 48.5 Å². The van der Waals surface area contributed by atoms with Gasteiger partial charge in [-0.25, -0.2) is 9.07 Å². The van der Waals surface area contributed by atoms with E-state index < -0.39 is 5.82 Å². The zero-order valence-electron chi connectivity index (χ0n) is 19.6. The molecule has 2 fully saturated rings. The maximum absolute atomic E-state index is 13.7. The smallest absolute Gasteiger partial charge is 0.227 e. The van der Waals surface area contributed by atoms with Crippen LogP contribution < -0.4 is 5.32 Å². The molecular formula is C27H30ClFN4O. The van der Waals surface area contributed by atoms with Gasteiger partial charge in [0.05, 0.1) is 22.3 Å². The summed E-state index contributed by atoms with van der Waals surface area (Å²) in [5.74, 6) is 0.299. The topological polar surface area (TPSA) is 50.2 Å². The van der Waals surface area contributed by atoms with E-state index in [0.717, 1.165) is 56.1 Å². The summed E-state index contributed by atoms with van der Waals surface area (Å²) in [6, 6.07) is 15.2. The Balaban J connectivity index is 1.30. The minimum Gasteiger partial charge on any atom is -0.342 e. The van der Waals surface area contributed by atoms with Crippen molar-refractivity contribution in [2.45, 2.75) is 38.5 Å². The molecule has 2 atom stereocenters. The van der Waals surface area contributed by atoms with Crippen molar-refractivity contribution in [1.29, 1.82) is 0 Å². The Morgan fingerprint density at radius 1 is 1.09 bits per heavy atom. The molecule has 0 saturated carbocycles. The number of carbonyl (C=O) groups excluding carboxylic acids is 1. The van der Waals surface area contributed by atoms with Crippen LogP contribution in [0.4, 0.5) is 4.39 Å². The summed E-state index contributed by atoms with van der Waals surface area (Å²) >= 11 is 6.03. The van der Waals surface area contributed by atoms with Crippen molar-refractivity contribution >= 4 is 17.5 Å². The summed E-state index contributed by atoms with van der Waals surface area (Å²) < 4.78 is 15.5. The van der Waals surface area contributed by atoms with Gasteiger partial charge in [0.25, 0.3) is 0 Å². The molecule has 0 spiro atoms. The van der Waals surface area contributed by atoms with E-state index in [1.165, 1.54) is 17.2 Å². The van der Waals surface area contributed by atoms with Gasteiger partial charge in [-0.1, -0.05) is 35.9 Å². The first-order valence-corrected chi connectivity index (χ1v) is 12.4. The van der Waals surface area contributed by atoms with Crippen molar-refractivity contribution in [2.24, 2.45) is 5.92 Å². The molecule has 0 unspecified atom stereocenters. The minimum absolute atomic E-state index is 0.0215. The van der Waals surface area contributed by atoms with Gasteiger partial charge in [-0.3, -0.25) is 4.79 Å². The lowest BCUT2D eigenvalue weighted by Crippen LogP contribution is -2.43. The molecule has 5 rings (SSSR count). The van der Waals surface area contributed by atoms with E-state index in [0.29, 0.717) is 0 Å². The molecule has 0 bridgehead atoms. The molecule has 0 radical (unpaired) electrons. The molecule has 7 heteroatoms. The van der Waals surface area contributed by atoms with Gasteiger partial charge in [0.2, 0.25) is 5.91 Å². The number of hydrogen-bond acceptors (Lipinski definition) is 3. The molecule has 2 saturated heterocycles. The second-order valence-corrected chi connectivity index (χ2v) is 9.96. The number of nitrogens with zero attached hydrogens (tertiary/aromatic N) is 3. The monoisotopic (exact) mass is 480 g/mol. The molecule has 3 aromatic rings. The SMILES string of the molecule is Cc1cc(C2CCN(C(=O)[C@@H]3CNC[C@H]3c3ccccc3C)CC2)n(-c2ccc(F)c(Cl)c2)n1. The van der Waals surface area contributed by atoms with Crippen LogP contribution in [0.3, 0.4) is 0 Å². The van der Waals surface area contributed by atoms with Crippen molar-refractivity contribution in [2.75, 3.05) is 26.2 Å². The maximum atomic E-state index is 13.7. The largest absolute Gasteiger partial charge is 0.342 e. The highest BCUT2D eigenvalue weighted by molar-refractivity contribution is 6.30. The van der Waals surface area contributed by atoms with Gasteiger partial charge < -0.3 is 10.2 Å². The Labute approximate surface area is 204 Å². The van der Waals surface area contributed by atoms with Gasteiger partial charge in [-0.05, 0) is 62.1 Å². The van der Waals surface area contributed by atoms with Gasteiger partial charge in [-0.15, -0.1) is 0 Å². The Hall–Kier alpha value is -2.70. The number of rotatable bonds is 4. The van der Waals surface area contributed by atoms with E-state index in [1.807, 2.05) is 16.5 Å². The molecule has 34 heavy (non-hydrogen) atoms. The highest BCUT2D eigenvalue weighted by Crippen LogP contribution is 2.35. The molecule has 3 heterocycles. The average molecular weight is 481 g/mol. The second kappa shape index (κ2) is 9.51. The standard InChI is InChI=1S/C27H30ClFN4O/c1-17-5-3-4-6-21(17)22-15-30-16-23(22)27(34)32-11-9-19(10-12-32)26-13-18(2)31-33(26)20-7-8-25(29)24(28)14-20/h3-8,13-14,19,22-23,30H,9-12,15-16H2,1-2H3/t22-,23+/m0/s1. The molecule has 5 nitrogen and oxygen atoms in total. The molecule has 0 aliphatic carbocycles.